The van der Waals surface area contributed by atoms with E-state index in [-0.39, 0.29) is 0 Å². The van der Waals surface area contributed by atoms with E-state index in [4.69, 9.17) is 0 Å². The molecule has 0 spiro atoms. The fourth-order valence-electron chi connectivity index (χ4n) is 20.3. The van der Waals surface area contributed by atoms with Crippen LogP contribution in [-0.2, 0) is 0 Å². The smallest absolute Gasteiger partial charge is 0.0788 e. The van der Waals surface area contributed by atoms with Gasteiger partial charge in [-0.15, -0.1) is 0 Å². The van der Waals surface area contributed by atoms with E-state index in [0.717, 1.165) is 34.1 Å². The minimum absolute atomic E-state index is 1.13. The van der Waals surface area contributed by atoms with Crippen LogP contribution in [0.25, 0.3) is 232 Å². The molecule has 26 aromatic rings. The van der Waals surface area contributed by atoms with Crippen LogP contribution in [0, 0.1) is 0 Å². The Bertz CT molecular complexity index is 8770. The minimum Gasteiger partial charge on any atom is -0.309 e. The summed E-state index contributed by atoms with van der Waals surface area (Å²) < 4.78 is 14.7. The van der Waals surface area contributed by atoms with Gasteiger partial charge in [-0.25, -0.2) is 0 Å². The topological polar surface area (TPSA) is 29.6 Å². The first kappa shape index (κ1) is 72.1. The molecule has 0 saturated heterocycles. The number of benzene rings is 20. The van der Waals surface area contributed by atoms with Gasteiger partial charge >= 0.3 is 0 Å². The van der Waals surface area contributed by atoms with E-state index in [1.807, 2.05) is 0 Å². The number of fused-ring (bicyclic) bond motifs is 20. The first-order valence-electron chi connectivity index (χ1n) is 43.4. The maximum atomic E-state index is 2.49. The zero-order valence-corrected chi connectivity index (χ0v) is 68.7. The van der Waals surface area contributed by atoms with E-state index in [1.54, 1.807) is 0 Å². The molecule has 0 aliphatic heterocycles. The monoisotopic (exact) mass is 1600 g/mol. The molecule has 0 saturated carbocycles. The van der Waals surface area contributed by atoms with Gasteiger partial charge in [0, 0.05) is 98.8 Å². The number of aromatic nitrogens is 6. The van der Waals surface area contributed by atoms with Crippen molar-refractivity contribution in [1.29, 1.82) is 0 Å². The molecule has 20 aromatic carbocycles. The molecule has 0 bridgehead atoms. The summed E-state index contributed by atoms with van der Waals surface area (Å²) in [7, 11) is 0. The Hall–Kier alpha value is -16.8. The van der Waals surface area contributed by atoms with Gasteiger partial charge in [-0.05, 0) is 218 Å². The summed E-state index contributed by atoms with van der Waals surface area (Å²) in [5.41, 5.74) is 35.7. The van der Waals surface area contributed by atoms with E-state index in [0.29, 0.717) is 0 Å². The summed E-state index contributed by atoms with van der Waals surface area (Å²) >= 11 is 0. The van der Waals surface area contributed by atoms with Gasteiger partial charge < -0.3 is 27.4 Å². The largest absolute Gasteiger partial charge is 0.309 e. The Labute approximate surface area is 727 Å². The van der Waals surface area contributed by atoms with Crippen LogP contribution in [0.3, 0.4) is 0 Å². The minimum atomic E-state index is 1.13. The zero-order valence-electron chi connectivity index (χ0n) is 68.7. The SMILES string of the molecule is c1ccc(-c2ccc(-n3c4ccc(-c5ccc6c(c5)c5ccccc5n6-c5cccc(-c6ccccc6)c5)cc4c4ccc5c(c6ccccc6n5-c5ccccc5)c43)cc2)cc1.c1ccc(-c2ccc(-n3c4ccc(-c5ccc6c(c5)c5ccccc5n6-c5cccc(-c6ccccc6)c5)cc4c4ccc5c6ccccc6n(-c6ccccc6)c5c43)cc2)cc1. The predicted octanol–water partition coefficient (Wildman–Crippen LogP) is 32.0. The standard InChI is InChI=1S/2C60H39N3/c1-4-15-40(16-5-1)42-27-31-47(32-28-42)63-58-36-30-45(39-54(58)52-34-33-51-49-23-10-13-26-56(49)62(59(51)60(52)63)46-20-8-3-9-21-46)44-29-35-57-53(38-44)50-24-11-12-25-55(50)61(57)48-22-14-19-43(37-48)41-17-6-2-7-18-41;1-4-15-40(16-5-1)42-27-31-47(32-28-42)63-57-35-30-45(39-53(57)50-33-36-58-59(60(50)63)51-24-11-13-26-55(51)61(58)46-20-8-3-9-21-46)44-29-34-56-52(38-44)49-23-10-12-25-54(49)62(56)48-22-14-19-43(37-48)41-17-6-2-7-18-41/h2*1-39H. The van der Waals surface area contributed by atoms with Gasteiger partial charge in [0.2, 0.25) is 0 Å². The van der Waals surface area contributed by atoms with Crippen LogP contribution in [-0.4, -0.2) is 27.4 Å². The van der Waals surface area contributed by atoms with Crippen molar-refractivity contribution in [3.8, 4) is 101 Å². The van der Waals surface area contributed by atoms with E-state index in [9.17, 15) is 0 Å². The van der Waals surface area contributed by atoms with Crippen molar-refractivity contribution in [2.45, 2.75) is 0 Å². The first-order valence-corrected chi connectivity index (χ1v) is 43.4. The summed E-state index contributed by atoms with van der Waals surface area (Å²) in [5.74, 6) is 0. The summed E-state index contributed by atoms with van der Waals surface area (Å²) in [6.07, 6.45) is 0. The Morgan fingerprint density at radius 2 is 0.325 bits per heavy atom. The lowest BCUT2D eigenvalue weighted by atomic mass is 10.00. The highest BCUT2D eigenvalue weighted by molar-refractivity contribution is 6.28. The normalized spacial score (nSPS) is 11.8. The molecule has 26 rings (SSSR count). The van der Waals surface area contributed by atoms with Gasteiger partial charge in [0.1, 0.15) is 0 Å². The molecule has 0 N–H and O–H groups in total. The Morgan fingerprint density at radius 1 is 0.103 bits per heavy atom. The van der Waals surface area contributed by atoms with Crippen molar-refractivity contribution in [2.75, 3.05) is 0 Å². The number of hydrogen-bond donors (Lipinski definition) is 0. The maximum Gasteiger partial charge on any atom is 0.0788 e. The van der Waals surface area contributed by atoms with Gasteiger partial charge in [-0.1, -0.05) is 322 Å². The van der Waals surface area contributed by atoms with Crippen LogP contribution in [0.15, 0.2) is 473 Å². The van der Waals surface area contributed by atoms with E-state index >= 15 is 0 Å². The second-order valence-electron chi connectivity index (χ2n) is 33.1. The van der Waals surface area contributed by atoms with Crippen LogP contribution >= 0.6 is 0 Å². The van der Waals surface area contributed by atoms with Crippen LogP contribution in [0.2, 0.25) is 0 Å². The zero-order chi connectivity index (χ0) is 82.9. The third kappa shape index (κ3) is 11.7. The summed E-state index contributed by atoms with van der Waals surface area (Å²) in [4.78, 5) is 0. The average Bonchev–Trinajstić information content (AvgIpc) is 1.54. The van der Waals surface area contributed by atoms with Gasteiger partial charge in [0.25, 0.3) is 0 Å². The molecule has 0 radical (unpaired) electrons. The summed E-state index contributed by atoms with van der Waals surface area (Å²) in [6, 6.07) is 173. The van der Waals surface area contributed by atoms with E-state index in [2.05, 4.69) is 501 Å². The highest BCUT2D eigenvalue weighted by Crippen LogP contribution is 2.48. The quantitative estimate of drug-likeness (QED) is 0.117. The maximum absolute atomic E-state index is 2.49. The first-order chi connectivity index (χ1) is 62.5. The van der Waals surface area contributed by atoms with E-state index < -0.39 is 0 Å². The lowest BCUT2D eigenvalue weighted by Gasteiger charge is -2.13. The number of hydrogen-bond acceptors (Lipinski definition) is 0. The molecular weight excluding hydrogens is 1530 g/mol. The van der Waals surface area contributed by atoms with Gasteiger partial charge in [0.05, 0.1) is 66.2 Å². The molecule has 0 atom stereocenters. The van der Waals surface area contributed by atoms with Crippen LogP contribution in [0.4, 0.5) is 0 Å². The Morgan fingerprint density at radius 3 is 0.738 bits per heavy atom. The molecule has 0 unspecified atom stereocenters. The third-order valence-electron chi connectivity index (χ3n) is 26.1. The molecule has 6 heterocycles. The average molecular weight is 1600 g/mol. The van der Waals surface area contributed by atoms with Crippen molar-refractivity contribution in [3.63, 3.8) is 0 Å². The lowest BCUT2D eigenvalue weighted by molar-refractivity contribution is 1.15. The Kier molecular flexibility index (Phi) is 16.9. The van der Waals surface area contributed by atoms with Crippen molar-refractivity contribution in [2.24, 2.45) is 0 Å². The van der Waals surface area contributed by atoms with Gasteiger partial charge in [-0.3, -0.25) is 0 Å². The predicted molar refractivity (Wildman–Crippen MR) is 532 cm³/mol. The molecule has 6 aromatic heterocycles. The molecular formula is C120H78N6. The molecule has 126 heavy (non-hydrogen) atoms. The van der Waals surface area contributed by atoms with Crippen molar-refractivity contribution in [3.05, 3.63) is 473 Å². The molecule has 0 amide bonds. The molecule has 0 fully saturated rings. The molecule has 0 aliphatic rings. The number of rotatable bonds is 12. The molecule has 588 valence electrons. The second kappa shape index (κ2) is 29.5. The van der Waals surface area contributed by atoms with Crippen LogP contribution in [0.5, 0.6) is 0 Å². The lowest BCUT2D eigenvalue weighted by Crippen LogP contribution is -1.98. The summed E-state index contributed by atoms with van der Waals surface area (Å²) in [6.45, 7) is 0. The molecule has 6 heteroatoms. The van der Waals surface area contributed by atoms with Crippen LogP contribution in [0.1, 0.15) is 0 Å². The van der Waals surface area contributed by atoms with Crippen LogP contribution < -0.4 is 0 Å². The summed E-state index contributed by atoms with van der Waals surface area (Å²) in [5, 5.41) is 14.9. The highest BCUT2D eigenvalue weighted by atomic mass is 15.1. The fourth-order valence-corrected chi connectivity index (χ4v) is 20.3. The molecule has 0 aliphatic carbocycles. The van der Waals surface area contributed by atoms with Crippen molar-refractivity contribution < 1.29 is 0 Å². The number of nitrogens with zero attached hydrogens (tertiary/aromatic N) is 6. The Balaban J connectivity index is 0.000000137. The van der Waals surface area contributed by atoms with Crippen molar-refractivity contribution >= 4 is 131 Å². The van der Waals surface area contributed by atoms with Crippen molar-refractivity contribution in [1.82, 2.24) is 27.4 Å². The van der Waals surface area contributed by atoms with Gasteiger partial charge in [-0.2, -0.15) is 0 Å². The second-order valence-corrected chi connectivity index (χ2v) is 33.1. The highest BCUT2D eigenvalue weighted by Gasteiger charge is 2.26. The molecule has 6 nitrogen and oxygen atoms in total. The van der Waals surface area contributed by atoms with E-state index in [1.165, 1.54) is 198 Å². The number of para-hydroxylation sites is 6. The van der Waals surface area contributed by atoms with Gasteiger partial charge in [0.15, 0.2) is 0 Å². The third-order valence-corrected chi connectivity index (χ3v) is 26.1. The fraction of sp³-hybridized carbons (Fsp3) is 0.